The summed E-state index contributed by atoms with van der Waals surface area (Å²) in [5.41, 5.74) is 3.06. The number of fused-ring (bicyclic) bond motifs is 2. The van der Waals surface area contributed by atoms with E-state index < -0.39 is 5.60 Å². The summed E-state index contributed by atoms with van der Waals surface area (Å²) in [4.78, 5) is 16.9. The normalized spacial score (nSPS) is 18.9. The van der Waals surface area contributed by atoms with Gasteiger partial charge < -0.3 is 19.3 Å². The van der Waals surface area contributed by atoms with Crippen molar-refractivity contribution in [3.63, 3.8) is 0 Å². The summed E-state index contributed by atoms with van der Waals surface area (Å²) >= 11 is 8.62. The van der Waals surface area contributed by atoms with Crippen LogP contribution in [0.15, 0.2) is 36.4 Å². The molecule has 0 spiro atoms. The smallest absolute Gasteiger partial charge is 0.410 e. The fourth-order valence-corrected chi connectivity index (χ4v) is 5.03. The number of rotatable bonds is 2. The maximum atomic E-state index is 12.7. The van der Waals surface area contributed by atoms with Gasteiger partial charge in [-0.1, -0.05) is 17.7 Å². The Hall–Kier alpha value is -1.67. The Morgan fingerprint density at radius 3 is 2.70 bits per heavy atom. The molecule has 2 aliphatic rings. The molecule has 0 N–H and O–H groups in total. The van der Waals surface area contributed by atoms with Crippen molar-refractivity contribution in [2.24, 2.45) is 0 Å². The number of anilines is 1. The molecule has 2 aromatic carbocycles. The van der Waals surface area contributed by atoms with E-state index in [0.29, 0.717) is 6.61 Å². The van der Waals surface area contributed by atoms with Crippen LogP contribution in [-0.2, 0) is 17.8 Å². The van der Waals surface area contributed by atoms with E-state index in [1.807, 2.05) is 31.7 Å². The fourth-order valence-electron chi connectivity index (χ4n) is 4.36. The predicted octanol–water partition coefficient (Wildman–Crippen LogP) is 6.68. The van der Waals surface area contributed by atoms with Gasteiger partial charge >= 0.3 is 6.09 Å². The van der Waals surface area contributed by atoms with Crippen LogP contribution >= 0.6 is 34.2 Å². The minimum absolute atomic E-state index is 0.145. The van der Waals surface area contributed by atoms with Crippen molar-refractivity contribution >= 4 is 46.0 Å². The summed E-state index contributed by atoms with van der Waals surface area (Å²) in [5, 5.41) is 0.771. The second-order valence-corrected chi connectivity index (χ2v) is 11.5. The van der Waals surface area contributed by atoms with Gasteiger partial charge in [-0.05, 0) is 111 Å². The van der Waals surface area contributed by atoms with Gasteiger partial charge in [0.15, 0.2) is 0 Å². The summed E-state index contributed by atoms with van der Waals surface area (Å²) < 4.78 is 13.1. The Kier molecular flexibility index (Phi) is 7.63. The Labute approximate surface area is 215 Å². The maximum absolute atomic E-state index is 12.7. The zero-order chi connectivity index (χ0) is 23.6. The Morgan fingerprint density at radius 2 is 1.97 bits per heavy atom. The monoisotopic (exact) mass is 582 g/mol. The van der Waals surface area contributed by atoms with Gasteiger partial charge in [-0.15, -0.1) is 0 Å². The van der Waals surface area contributed by atoms with Crippen LogP contribution in [0.25, 0.3) is 0 Å². The second kappa shape index (κ2) is 10.3. The number of nitrogens with zero attached hydrogens (tertiary/aromatic N) is 2. The molecule has 0 aromatic heterocycles. The molecule has 2 aliphatic heterocycles. The molecule has 2 aromatic rings. The summed E-state index contributed by atoms with van der Waals surface area (Å²) in [6.07, 6.45) is 3.87. The first-order valence-electron chi connectivity index (χ1n) is 11.6. The van der Waals surface area contributed by atoms with Crippen molar-refractivity contribution in [1.29, 1.82) is 0 Å². The summed E-state index contributed by atoms with van der Waals surface area (Å²) in [6.45, 7) is 8.68. The van der Waals surface area contributed by atoms with E-state index in [9.17, 15) is 4.79 Å². The lowest BCUT2D eigenvalue weighted by atomic mass is 10.0. The topological polar surface area (TPSA) is 42.0 Å². The molecule has 4 rings (SSSR count). The van der Waals surface area contributed by atoms with Crippen molar-refractivity contribution < 1.29 is 14.3 Å². The van der Waals surface area contributed by atoms with Crippen molar-refractivity contribution in [1.82, 2.24) is 4.90 Å². The van der Waals surface area contributed by atoms with Gasteiger partial charge in [0.05, 0.1) is 11.7 Å². The number of likely N-dealkylation sites (tertiary alicyclic amines) is 1. The Bertz CT molecular complexity index is 1010. The number of hydrogen-bond acceptors (Lipinski definition) is 4. The van der Waals surface area contributed by atoms with Crippen LogP contribution < -0.4 is 9.64 Å². The second-order valence-electron chi connectivity index (χ2n) is 9.83. The Morgan fingerprint density at radius 1 is 1.15 bits per heavy atom. The number of benzene rings is 2. The SMILES string of the molecule is CC(C)(C)OC(=O)N1CC[C@H]1CN1CCCCc2cc(Cl)ccc2COc2ccc(I)cc21. The number of ether oxygens (including phenoxy) is 2. The first kappa shape index (κ1) is 24.5. The number of hydrogen-bond donors (Lipinski definition) is 0. The van der Waals surface area contributed by atoms with Crippen molar-refractivity contribution in [3.05, 3.63) is 56.1 Å². The lowest BCUT2D eigenvalue weighted by Crippen LogP contribution is -2.57. The molecule has 0 saturated carbocycles. The van der Waals surface area contributed by atoms with E-state index in [4.69, 9.17) is 21.1 Å². The Balaban J connectivity index is 1.55. The molecule has 1 fully saturated rings. The van der Waals surface area contributed by atoms with Gasteiger partial charge in [0, 0.05) is 28.2 Å². The van der Waals surface area contributed by atoms with Crippen LogP contribution in [-0.4, -0.2) is 42.3 Å². The van der Waals surface area contributed by atoms with E-state index in [-0.39, 0.29) is 12.1 Å². The molecule has 1 atom stereocenters. The lowest BCUT2D eigenvalue weighted by molar-refractivity contribution is -0.00376. The quantitative estimate of drug-likeness (QED) is 0.371. The number of carbonyl (C=O) groups is 1. The molecular weight excluding hydrogens is 551 g/mol. The molecule has 0 bridgehead atoms. The predicted molar refractivity (Wildman–Crippen MR) is 141 cm³/mol. The van der Waals surface area contributed by atoms with Crippen molar-refractivity contribution in [3.8, 4) is 5.75 Å². The summed E-state index contributed by atoms with van der Waals surface area (Å²) in [6, 6.07) is 12.6. The van der Waals surface area contributed by atoms with E-state index in [2.05, 4.69) is 57.8 Å². The van der Waals surface area contributed by atoms with Crippen molar-refractivity contribution in [2.45, 2.75) is 64.7 Å². The van der Waals surface area contributed by atoms with E-state index >= 15 is 0 Å². The molecule has 2 heterocycles. The average molecular weight is 583 g/mol. The number of halogens is 2. The minimum atomic E-state index is -0.485. The molecule has 1 saturated heterocycles. The molecule has 5 nitrogen and oxygen atoms in total. The zero-order valence-electron chi connectivity index (χ0n) is 19.6. The van der Waals surface area contributed by atoms with Gasteiger partial charge in [-0.25, -0.2) is 4.79 Å². The summed E-state index contributed by atoms with van der Waals surface area (Å²) in [7, 11) is 0. The maximum Gasteiger partial charge on any atom is 0.410 e. The molecule has 0 unspecified atom stereocenters. The van der Waals surface area contributed by atoms with Gasteiger partial charge in [0.1, 0.15) is 18.0 Å². The standard InChI is InChI=1S/C26H32ClIN2O3/c1-26(2,3)33-25(31)30-13-11-22(30)16-29-12-5-4-6-18-14-20(27)8-7-19(18)17-32-24-10-9-21(28)15-23(24)29/h7-10,14-15,22H,4-6,11-13,16-17H2,1-3H3/t22-/m0/s1. The average Bonchev–Trinajstić information content (AvgIpc) is 2.73. The van der Waals surface area contributed by atoms with E-state index in [1.165, 1.54) is 14.7 Å². The zero-order valence-corrected chi connectivity index (χ0v) is 22.5. The highest BCUT2D eigenvalue weighted by Gasteiger charge is 2.36. The molecule has 33 heavy (non-hydrogen) atoms. The van der Waals surface area contributed by atoms with E-state index in [1.54, 1.807) is 0 Å². The van der Waals surface area contributed by atoms with Gasteiger partial charge in [0.2, 0.25) is 0 Å². The highest BCUT2D eigenvalue weighted by molar-refractivity contribution is 14.1. The molecule has 0 radical (unpaired) electrons. The first-order chi connectivity index (χ1) is 15.7. The van der Waals surface area contributed by atoms with Crippen LogP contribution in [0, 0.1) is 3.57 Å². The van der Waals surface area contributed by atoms with Gasteiger partial charge in [0.25, 0.3) is 0 Å². The van der Waals surface area contributed by atoms with Crippen molar-refractivity contribution in [2.75, 3.05) is 24.5 Å². The van der Waals surface area contributed by atoms with E-state index in [0.717, 1.165) is 61.8 Å². The molecular formula is C26H32ClIN2O3. The number of amides is 1. The molecule has 0 aliphatic carbocycles. The summed E-state index contributed by atoms with van der Waals surface area (Å²) in [5.74, 6) is 0.876. The third kappa shape index (κ3) is 6.27. The highest BCUT2D eigenvalue weighted by Crippen LogP contribution is 2.34. The van der Waals surface area contributed by atoms with Crippen LogP contribution in [0.2, 0.25) is 5.02 Å². The molecule has 178 valence electrons. The minimum Gasteiger partial charge on any atom is -0.487 e. The number of aryl methyl sites for hydroxylation is 1. The fraction of sp³-hybridized carbons (Fsp3) is 0.500. The van der Waals surface area contributed by atoms with Gasteiger partial charge in [-0.2, -0.15) is 0 Å². The first-order valence-corrected chi connectivity index (χ1v) is 13.1. The lowest BCUT2D eigenvalue weighted by Gasteiger charge is -2.44. The van der Waals surface area contributed by atoms with Crippen LogP contribution in [0.3, 0.4) is 0 Å². The molecule has 1 amide bonds. The highest BCUT2D eigenvalue weighted by atomic mass is 127. The van der Waals surface area contributed by atoms with Crippen LogP contribution in [0.4, 0.5) is 10.5 Å². The van der Waals surface area contributed by atoms with Crippen LogP contribution in [0.1, 0.15) is 51.2 Å². The third-order valence-corrected chi connectivity index (χ3v) is 7.05. The van der Waals surface area contributed by atoms with Crippen LogP contribution in [0.5, 0.6) is 5.75 Å². The third-order valence-electron chi connectivity index (χ3n) is 6.14. The number of carbonyl (C=O) groups excluding carboxylic acids is 1. The largest absolute Gasteiger partial charge is 0.487 e. The van der Waals surface area contributed by atoms with Gasteiger partial charge in [-0.3, -0.25) is 0 Å². The molecule has 7 heteroatoms.